The number of rotatable bonds is 5. The van der Waals surface area contributed by atoms with E-state index in [1.807, 2.05) is 19.2 Å². The van der Waals surface area contributed by atoms with Crippen LogP contribution in [0.3, 0.4) is 0 Å². The normalized spacial score (nSPS) is 21.3. The summed E-state index contributed by atoms with van der Waals surface area (Å²) in [5.41, 5.74) is 1.14. The Bertz CT molecular complexity index is 626. The molecule has 2 aromatic rings. The van der Waals surface area contributed by atoms with Gasteiger partial charge in [0.15, 0.2) is 5.82 Å². The van der Waals surface area contributed by atoms with Gasteiger partial charge in [0, 0.05) is 28.4 Å². The van der Waals surface area contributed by atoms with Crippen molar-refractivity contribution in [3.05, 3.63) is 45.5 Å². The highest BCUT2D eigenvalue weighted by molar-refractivity contribution is 6.34. The second kappa shape index (κ2) is 7.18. The van der Waals surface area contributed by atoms with Gasteiger partial charge >= 0.3 is 0 Å². The fraction of sp³-hybridized carbons (Fsp3) is 0.467. The average Bonchev–Trinajstić information content (AvgIpc) is 3.11. The molecule has 1 fully saturated rings. The van der Waals surface area contributed by atoms with Crippen LogP contribution in [0.1, 0.15) is 42.5 Å². The van der Waals surface area contributed by atoms with Gasteiger partial charge in [-0.25, -0.2) is 0 Å². The van der Waals surface area contributed by atoms with Crippen LogP contribution in [0.25, 0.3) is 0 Å². The molecule has 22 heavy (non-hydrogen) atoms. The van der Waals surface area contributed by atoms with E-state index in [2.05, 4.69) is 22.4 Å². The third kappa shape index (κ3) is 3.93. The molecule has 3 unspecified atom stereocenters. The highest BCUT2D eigenvalue weighted by atomic mass is 35.5. The molecule has 0 aliphatic heterocycles. The smallest absolute Gasteiger partial charge is 0.230 e. The van der Waals surface area contributed by atoms with Gasteiger partial charge in [0.2, 0.25) is 5.89 Å². The number of hydrogen-bond acceptors (Lipinski definition) is 4. The Labute approximate surface area is 146 Å². The predicted molar refractivity (Wildman–Crippen MR) is 90.3 cm³/mol. The van der Waals surface area contributed by atoms with E-state index < -0.39 is 0 Å². The summed E-state index contributed by atoms with van der Waals surface area (Å²) in [5.74, 6) is 2.12. The van der Waals surface area contributed by atoms with Crippen molar-refractivity contribution in [2.24, 2.45) is 0 Å². The minimum Gasteiger partial charge on any atom is -0.339 e. The zero-order valence-electron chi connectivity index (χ0n) is 12.3. The molecule has 7 heteroatoms. The first-order valence-corrected chi connectivity index (χ1v) is 7.78. The molecule has 1 N–H and O–H groups in total. The van der Waals surface area contributed by atoms with Crippen LogP contribution in [0.2, 0.25) is 10.0 Å². The van der Waals surface area contributed by atoms with Crippen molar-refractivity contribution in [1.82, 2.24) is 15.5 Å². The van der Waals surface area contributed by atoms with Crippen LogP contribution in [0, 0.1) is 0 Å². The minimum absolute atomic E-state index is 0. The lowest BCUT2D eigenvalue weighted by Gasteiger charge is -2.04. The Morgan fingerprint density at radius 3 is 2.59 bits per heavy atom. The number of likely N-dealkylation sites (N-methyl/N-ethyl adjacent to an activating group) is 1. The first kappa shape index (κ1) is 17.5. The van der Waals surface area contributed by atoms with Gasteiger partial charge < -0.3 is 9.84 Å². The van der Waals surface area contributed by atoms with Crippen LogP contribution < -0.4 is 5.32 Å². The van der Waals surface area contributed by atoms with Crippen molar-refractivity contribution in [2.45, 2.75) is 37.6 Å². The standard InChI is InChI=1S/C15H17Cl2N3O.ClH/c1-8(18-2)3-14-19-15(21-20-14)13-7-12(13)9-4-10(16)6-11(17)5-9;/h4-6,8,12-13,18H,3,7H2,1-2H3;1H. The Kier molecular flexibility index (Phi) is 5.72. The van der Waals surface area contributed by atoms with E-state index in [1.165, 1.54) is 0 Å². The third-order valence-electron chi connectivity index (χ3n) is 3.89. The van der Waals surface area contributed by atoms with Crippen molar-refractivity contribution in [3.8, 4) is 0 Å². The number of aromatic nitrogens is 2. The van der Waals surface area contributed by atoms with Crippen LogP contribution in [-0.2, 0) is 6.42 Å². The Balaban J connectivity index is 0.00000176. The van der Waals surface area contributed by atoms with Crippen LogP contribution in [-0.4, -0.2) is 23.2 Å². The van der Waals surface area contributed by atoms with Gasteiger partial charge in [-0.05, 0) is 50.1 Å². The molecule has 4 nitrogen and oxygen atoms in total. The lowest BCUT2D eigenvalue weighted by atomic mass is 10.1. The number of nitrogens with one attached hydrogen (secondary N) is 1. The van der Waals surface area contributed by atoms with Gasteiger partial charge in [-0.15, -0.1) is 12.4 Å². The summed E-state index contributed by atoms with van der Waals surface area (Å²) in [4.78, 5) is 4.50. The van der Waals surface area contributed by atoms with Gasteiger partial charge in [0.1, 0.15) is 0 Å². The summed E-state index contributed by atoms with van der Waals surface area (Å²) >= 11 is 12.1. The first-order valence-electron chi connectivity index (χ1n) is 7.02. The molecular weight excluding hydrogens is 345 g/mol. The molecule has 3 rings (SSSR count). The van der Waals surface area contributed by atoms with E-state index in [9.17, 15) is 0 Å². The SMILES string of the molecule is CNC(C)Cc1noc(C2CC2c2cc(Cl)cc(Cl)c2)n1.Cl. The Morgan fingerprint density at radius 2 is 1.95 bits per heavy atom. The fourth-order valence-electron chi connectivity index (χ4n) is 2.50. The molecule has 1 aromatic carbocycles. The Morgan fingerprint density at radius 1 is 1.27 bits per heavy atom. The van der Waals surface area contributed by atoms with Crippen molar-refractivity contribution in [3.63, 3.8) is 0 Å². The summed E-state index contributed by atoms with van der Waals surface area (Å²) in [7, 11) is 1.92. The van der Waals surface area contributed by atoms with Gasteiger partial charge in [-0.2, -0.15) is 4.98 Å². The summed E-state index contributed by atoms with van der Waals surface area (Å²) in [6.07, 6.45) is 1.76. The van der Waals surface area contributed by atoms with Crippen molar-refractivity contribution in [1.29, 1.82) is 0 Å². The van der Waals surface area contributed by atoms with E-state index in [4.69, 9.17) is 27.7 Å². The molecular formula is C15H18Cl3N3O. The molecule has 1 aliphatic carbocycles. The van der Waals surface area contributed by atoms with Crippen LogP contribution in [0.5, 0.6) is 0 Å². The maximum absolute atomic E-state index is 6.05. The molecule has 3 atom stereocenters. The predicted octanol–water partition coefficient (Wildman–Crippen LogP) is 4.22. The summed E-state index contributed by atoms with van der Waals surface area (Å²) < 4.78 is 5.39. The quantitative estimate of drug-likeness (QED) is 0.865. The molecule has 120 valence electrons. The highest BCUT2D eigenvalue weighted by Crippen LogP contribution is 2.54. The number of halogens is 3. The van der Waals surface area contributed by atoms with Crippen LogP contribution in [0.4, 0.5) is 0 Å². The number of hydrogen-bond donors (Lipinski definition) is 1. The van der Waals surface area contributed by atoms with E-state index in [-0.39, 0.29) is 18.3 Å². The monoisotopic (exact) mass is 361 g/mol. The summed E-state index contributed by atoms with van der Waals surface area (Å²) in [5, 5.41) is 8.54. The Hall–Kier alpha value is -0.810. The molecule has 1 aromatic heterocycles. The van der Waals surface area contributed by atoms with Crippen molar-refractivity contribution < 1.29 is 4.52 Å². The highest BCUT2D eigenvalue weighted by Gasteiger charge is 2.44. The maximum atomic E-state index is 6.05. The van der Waals surface area contributed by atoms with Gasteiger partial charge in [-0.1, -0.05) is 28.4 Å². The van der Waals surface area contributed by atoms with Crippen LogP contribution in [0.15, 0.2) is 22.7 Å². The fourth-order valence-corrected chi connectivity index (χ4v) is 3.05. The summed E-state index contributed by atoms with van der Waals surface area (Å²) in [6.45, 7) is 2.09. The van der Waals surface area contributed by atoms with Gasteiger partial charge in [0.25, 0.3) is 0 Å². The molecule has 0 amide bonds. The molecule has 1 saturated carbocycles. The van der Waals surface area contributed by atoms with E-state index in [0.717, 1.165) is 30.1 Å². The van der Waals surface area contributed by atoms with Gasteiger partial charge in [0.05, 0.1) is 0 Å². The first-order chi connectivity index (χ1) is 10.1. The molecule has 0 radical (unpaired) electrons. The molecule has 0 spiro atoms. The molecule has 1 aliphatic rings. The zero-order valence-corrected chi connectivity index (χ0v) is 14.7. The number of benzene rings is 1. The molecule has 0 bridgehead atoms. The number of nitrogens with zero attached hydrogens (tertiary/aromatic N) is 2. The van der Waals surface area contributed by atoms with E-state index in [0.29, 0.717) is 22.0 Å². The van der Waals surface area contributed by atoms with Gasteiger partial charge in [-0.3, -0.25) is 0 Å². The van der Waals surface area contributed by atoms with E-state index >= 15 is 0 Å². The zero-order chi connectivity index (χ0) is 15.0. The molecule has 0 saturated heterocycles. The second-order valence-corrected chi connectivity index (χ2v) is 6.47. The van der Waals surface area contributed by atoms with Crippen LogP contribution >= 0.6 is 35.6 Å². The average molecular weight is 363 g/mol. The molecule has 1 heterocycles. The van der Waals surface area contributed by atoms with Crippen molar-refractivity contribution >= 4 is 35.6 Å². The largest absolute Gasteiger partial charge is 0.339 e. The second-order valence-electron chi connectivity index (χ2n) is 5.59. The minimum atomic E-state index is 0. The van der Waals surface area contributed by atoms with E-state index in [1.54, 1.807) is 6.07 Å². The maximum Gasteiger partial charge on any atom is 0.230 e. The third-order valence-corrected chi connectivity index (χ3v) is 4.32. The lowest BCUT2D eigenvalue weighted by Crippen LogP contribution is -2.24. The topological polar surface area (TPSA) is 51.0 Å². The summed E-state index contributed by atoms with van der Waals surface area (Å²) in [6, 6.07) is 5.99. The van der Waals surface area contributed by atoms with Crippen molar-refractivity contribution in [2.75, 3.05) is 7.05 Å². The lowest BCUT2D eigenvalue weighted by molar-refractivity contribution is 0.371.